The Balaban J connectivity index is 0.00000112. The quantitative estimate of drug-likeness (QED) is 0.736. The molecule has 2 rings (SSSR count). The van der Waals surface area contributed by atoms with E-state index in [-0.39, 0.29) is 18.4 Å². The van der Waals surface area contributed by atoms with Crippen LogP contribution >= 0.6 is 12.4 Å². The first-order valence-corrected chi connectivity index (χ1v) is 5.13. The van der Waals surface area contributed by atoms with Crippen molar-refractivity contribution >= 4 is 18.7 Å². The van der Waals surface area contributed by atoms with E-state index < -0.39 is 0 Å². The van der Waals surface area contributed by atoms with Crippen molar-refractivity contribution in [2.75, 3.05) is 6.54 Å². The van der Waals surface area contributed by atoms with Crippen LogP contribution in [0, 0.1) is 0 Å². The van der Waals surface area contributed by atoms with Crippen LogP contribution in [0.3, 0.4) is 0 Å². The summed E-state index contributed by atoms with van der Waals surface area (Å²) in [5.74, 6) is 0. The molecule has 0 amide bonds. The smallest absolute Gasteiger partial charge is 0.137 e. The Labute approximate surface area is 96.7 Å². The van der Waals surface area contributed by atoms with Crippen LogP contribution in [0.15, 0.2) is 30.3 Å². The molecule has 1 atom stereocenters. The van der Waals surface area contributed by atoms with Crippen molar-refractivity contribution < 1.29 is 4.79 Å². The van der Waals surface area contributed by atoms with Crippen LogP contribution in [0.5, 0.6) is 0 Å². The standard InChI is InChI=1S/C12H15NO.ClH/c14-10-12-7-4-8-13(12)9-11-5-2-1-3-6-11;/h1-3,5-6,10,12H,4,7-9H2;1H/t12-;/m1./s1. The van der Waals surface area contributed by atoms with Gasteiger partial charge in [0.05, 0.1) is 6.04 Å². The van der Waals surface area contributed by atoms with Crippen molar-refractivity contribution in [2.45, 2.75) is 25.4 Å². The fraction of sp³-hybridized carbons (Fsp3) is 0.417. The average Bonchev–Trinajstić information content (AvgIpc) is 2.67. The average molecular weight is 226 g/mol. The molecule has 0 aromatic heterocycles. The number of carbonyl (C=O) groups is 1. The number of nitrogens with zero attached hydrogens (tertiary/aromatic N) is 1. The molecule has 1 saturated heterocycles. The van der Waals surface area contributed by atoms with Gasteiger partial charge in [0, 0.05) is 6.54 Å². The molecule has 1 aromatic carbocycles. The molecule has 1 aliphatic heterocycles. The van der Waals surface area contributed by atoms with Crippen LogP contribution in [0.4, 0.5) is 0 Å². The van der Waals surface area contributed by atoms with E-state index in [1.54, 1.807) is 0 Å². The van der Waals surface area contributed by atoms with Gasteiger partial charge in [-0.15, -0.1) is 12.4 Å². The van der Waals surface area contributed by atoms with Gasteiger partial charge >= 0.3 is 0 Å². The summed E-state index contributed by atoms with van der Waals surface area (Å²) in [5.41, 5.74) is 1.29. The van der Waals surface area contributed by atoms with Crippen molar-refractivity contribution in [1.82, 2.24) is 4.90 Å². The fourth-order valence-corrected chi connectivity index (χ4v) is 2.02. The van der Waals surface area contributed by atoms with Crippen molar-refractivity contribution in [1.29, 1.82) is 0 Å². The van der Waals surface area contributed by atoms with Crippen molar-refractivity contribution in [3.05, 3.63) is 35.9 Å². The monoisotopic (exact) mass is 225 g/mol. The van der Waals surface area contributed by atoms with Gasteiger partial charge in [-0.25, -0.2) is 0 Å². The number of aldehydes is 1. The van der Waals surface area contributed by atoms with Gasteiger partial charge in [0.1, 0.15) is 6.29 Å². The first kappa shape index (κ1) is 12.2. The topological polar surface area (TPSA) is 20.3 Å². The molecule has 1 aromatic rings. The Kier molecular flexibility index (Phi) is 4.79. The molecule has 1 aliphatic rings. The van der Waals surface area contributed by atoms with E-state index in [9.17, 15) is 4.79 Å². The molecule has 0 bridgehead atoms. The van der Waals surface area contributed by atoms with E-state index in [1.807, 2.05) is 18.2 Å². The van der Waals surface area contributed by atoms with Gasteiger partial charge in [0.15, 0.2) is 0 Å². The number of halogens is 1. The van der Waals surface area contributed by atoms with Crippen LogP contribution in [-0.4, -0.2) is 23.8 Å². The summed E-state index contributed by atoms with van der Waals surface area (Å²) in [7, 11) is 0. The maximum absolute atomic E-state index is 10.8. The third-order valence-corrected chi connectivity index (χ3v) is 2.80. The minimum atomic E-state index is 0. The van der Waals surface area contributed by atoms with Gasteiger partial charge in [-0.2, -0.15) is 0 Å². The van der Waals surface area contributed by atoms with Crippen molar-refractivity contribution in [2.24, 2.45) is 0 Å². The predicted octanol–water partition coefficient (Wildman–Crippen LogP) is 2.27. The summed E-state index contributed by atoms with van der Waals surface area (Å²) in [4.78, 5) is 13.0. The minimum absolute atomic E-state index is 0. The summed E-state index contributed by atoms with van der Waals surface area (Å²) >= 11 is 0. The SMILES string of the molecule is Cl.O=C[C@H]1CCCN1Cc1ccccc1. The molecular formula is C12H16ClNO. The highest BCUT2D eigenvalue weighted by atomic mass is 35.5. The Morgan fingerprint density at radius 1 is 1.33 bits per heavy atom. The second kappa shape index (κ2) is 5.89. The predicted molar refractivity (Wildman–Crippen MR) is 63.2 cm³/mol. The summed E-state index contributed by atoms with van der Waals surface area (Å²) in [6, 6.07) is 10.5. The second-order valence-electron chi connectivity index (χ2n) is 3.80. The molecule has 0 saturated carbocycles. The first-order valence-electron chi connectivity index (χ1n) is 5.13. The molecule has 0 unspecified atom stereocenters. The zero-order valence-corrected chi connectivity index (χ0v) is 9.45. The molecule has 0 radical (unpaired) electrons. The Morgan fingerprint density at radius 3 is 2.73 bits per heavy atom. The molecule has 2 nitrogen and oxygen atoms in total. The van der Waals surface area contributed by atoms with Crippen LogP contribution in [-0.2, 0) is 11.3 Å². The van der Waals surface area contributed by atoms with Gasteiger partial charge < -0.3 is 4.79 Å². The zero-order chi connectivity index (χ0) is 9.80. The van der Waals surface area contributed by atoms with Crippen LogP contribution < -0.4 is 0 Å². The summed E-state index contributed by atoms with van der Waals surface area (Å²) < 4.78 is 0. The highest BCUT2D eigenvalue weighted by Crippen LogP contribution is 2.18. The zero-order valence-electron chi connectivity index (χ0n) is 8.63. The van der Waals surface area contributed by atoms with E-state index in [1.165, 1.54) is 5.56 Å². The summed E-state index contributed by atoms with van der Waals surface area (Å²) in [5, 5.41) is 0. The molecule has 3 heteroatoms. The van der Waals surface area contributed by atoms with Gasteiger partial charge in [-0.1, -0.05) is 30.3 Å². The Bertz CT molecular complexity index is 302. The lowest BCUT2D eigenvalue weighted by Gasteiger charge is -2.19. The third kappa shape index (κ3) is 3.05. The number of hydrogen-bond donors (Lipinski definition) is 0. The van der Waals surface area contributed by atoms with E-state index in [2.05, 4.69) is 17.0 Å². The lowest BCUT2D eigenvalue weighted by Crippen LogP contribution is -2.29. The van der Waals surface area contributed by atoms with E-state index in [4.69, 9.17) is 0 Å². The van der Waals surface area contributed by atoms with Crippen LogP contribution in [0.25, 0.3) is 0 Å². The number of likely N-dealkylation sites (tertiary alicyclic amines) is 1. The fourth-order valence-electron chi connectivity index (χ4n) is 2.02. The van der Waals surface area contributed by atoms with E-state index in [0.717, 1.165) is 32.2 Å². The number of benzene rings is 1. The molecule has 0 spiro atoms. The first-order chi connectivity index (χ1) is 6.90. The minimum Gasteiger partial charge on any atom is -0.302 e. The van der Waals surface area contributed by atoms with Crippen LogP contribution in [0.1, 0.15) is 18.4 Å². The summed E-state index contributed by atoms with van der Waals surface area (Å²) in [6.07, 6.45) is 3.25. The third-order valence-electron chi connectivity index (χ3n) is 2.80. The maximum atomic E-state index is 10.8. The summed E-state index contributed by atoms with van der Waals surface area (Å²) in [6.45, 7) is 1.96. The molecule has 82 valence electrons. The van der Waals surface area contributed by atoms with Gasteiger partial charge in [-0.3, -0.25) is 4.90 Å². The van der Waals surface area contributed by atoms with Crippen molar-refractivity contribution in [3.8, 4) is 0 Å². The van der Waals surface area contributed by atoms with Crippen LogP contribution in [0.2, 0.25) is 0 Å². The molecule has 15 heavy (non-hydrogen) atoms. The lowest BCUT2D eigenvalue weighted by molar-refractivity contribution is -0.111. The van der Waals surface area contributed by atoms with E-state index >= 15 is 0 Å². The molecule has 1 fully saturated rings. The van der Waals surface area contributed by atoms with E-state index in [0.29, 0.717) is 0 Å². The molecule has 0 N–H and O–H groups in total. The largest absolute Gasteiger partial charge is 0.302 e. The van der Waals surface area contributed by atoms with Crippen molar-refractivity contribution in [3.63, 3.8) is 0 Å². The Hall–Kier alpha value is -0.860. The second-order valence-corrected chi connectivity index (χ2v) is 3.80. The number of rotatable bonds is 3. The molecular weight excluding hydrogens is 210 g/mol. The van der Waals surface area contributed by atoms with Gasteiger partial charge in [0.25, 0.3) is 0 Å². The van der Waals surface area contributed by atoms with Gasteiger partial charge in [0.2, 0.25) is 0 Å². The lowest BCUT2D eigenvalue weighted by atomic mass is 10.2. The normalized spacial score (nSPS) is 20.9. The highest BCUT2D eigenvalue weighted by Gasteiger charge is 2.23. The number of hydrogen-bond acceptors (Lipinski definition) is 2. The Morgan fingerprint density at radius 2 is 2.07 bits per heavy atom. The molecule has 0 aliphatic carbocycles. The van der Waals surface area contributed by atoms with Gasteiger partial charge in [-0.05, 0) is 24.9 Å². The number of carbonyl (C=O) groups excluding carboxylic acids is 1. The maximum Gasteiger partial charge on any atom is 0.137 e. The highest BCUT2D eigenvalue weighted by molar-refractivity contribution is 5.85. The molecule has 1 heterocycles.